The monoisotopic (exact) mass is 307 g/mol. The summed E-state index contributed by atoms with van der Waals surface area (Å²) in [7, 11) is 0. The maximum absolute atomic E-state index is 6.16. The zero-order valence-electron chi connectivity index (χ0n) is 11.6. The smallest absolute Gasteiger partial charge is 0.0465 e. The van der Waals surface area contributed by atoms with Crippen LogP contribution in [-0.4, -0.2) is 6.04 Å². The molecule has 0 spiro atoms. The molecule has 0 saturated carbocycles. The van der Waals surface area contributed by atoms with Gasteiger partial charge < -0.3 is 5.32 Å². The molecule has 3 heteroatoms. The number of hydrogen-bond acceptors (Lipinski definition) is 1. The fourth-order valence-corrected chi connectivity index (χ4v) is 2.64. The number of aryl methyl sites for hydroxylation is 1. The van der Waals surface area contributed by atoms with Gasteiger partial charge in [-0.05, 0) is 37.5 Å². The molecule has 2 aromatic carbocycles. The van der Waals surface area contributed by atoms with Gasteiger partial charge >= 0.3 is 0 Å². The van der Waals surface area contributed by atoms with E-state index in [2.05, 4.69) is 36.5 Å². The molecule has 0 fully saturated rings. The lowest BCUT2D eigenvalue weighted by atomic mass is 10.1. The molecular weight excluding hydrogens is 289 g/mol. The molecule has 0 aliphatic rings. The number of benzene rings is 2. The zero-order valence-corrected chi connectivity index (χ0v) is 13.1. The third-order valence-corrected chi connectivity index (χ3v) is 4.11. The van der Waals surface area contributed by atoms with Crippen LogP contribution >= 0.6 is 23.2 Å². The summed E-state index contributed by atoms with van der Waals surface area (Å²) in [5, 5.41) is 4.93. The fraction of sp³-hybridized carbons (Fsp3) is 0.294. The van der Waals surface area contributed by atoms with Crippen molar-refractivity contribution in [2.45, 2.75) is 32.4 Å². The van der Waals surface area contributed by atoms with Crippen molar-refractivity contribution in [2.24, 2.45) is 0 Å². The molecule has 0 radical (unpaired) electrons. The lowest BCUT2D eigenvalue weighted by Crippen LogP contribution is -2.26. The van der Waals surface area contributed by atoms with Gasteiger partial charge in [-0.15, -0.1) is 0 Å². The summed E-state index contributed by atoms with van der Waals surface area (Å²) in [5.74, 6) is 0. The van der Waals surface area contributed by atoms with Gasteiger partial charge in [0.15, 0.2) is 0 Å². The third kappa shape index (κ3) is 4.52. The molecule has 1 atom stereocenters. The van der Waals surface area contributed by atoms with Crippen molar-refractivity contribution < 1.29 is 0 Å². The van der Waals surface area contributed by atoms with Crippen LogP contribution in [0.1, 0.15) is 24.5 Å². The van der Waals surface area contributed by atoms with Crippen LogP contribution in [0, 0.1) is 0 Å². The minimum atomic E-state index is 0.419. The highest BCUT2D eigenvalue weighted by atomic mass is 35.5. The van der Waals surface area contributed by atoms with Crippen molar-refractivity contribution in [3.8, 4) is 0 Å². The minimum Gasteiger partial charge on any atom is -0.310 e. The Labute approximate surface area is 130 Å². The van der Waals surface area contributed by atoms with E-state index in [4.69, 9.17) is 23.2 Å². The van der Waals surface area contributed by atoms with E-state index in [-0.39, 0.29) is 0 Å². The molecule has 0 saturated heterocycles. The maximum atomic E-state index is 6.16. The summed E-state index contributed by atoms with van der Waals surface area (Å²) in [6.45, 7) is 2.89. The Bertz CT molecular complexity index is 520. The molecule has 0 aliphatic heterocycles. The molecule has 0 bridgehead atoms. The third-order valence-electron chi connectivity index (χ3n) is 3.40. The Morgan fingerprint density at radius 1 is 0.950 bits per heavy atom. The van der Waals surface area contributed by atoms with Crippen molar-refractivity contribution in [3.05, 3.63) is 69.7 Å². The Balaban J connectivity index is 1.82. The largest absolute Gasteiger partial charge is 0.310 e. The second-order valence-electron chi connectivity index (χ2n) is 5.01. The number of nitrogens with one attached hydrogen (secondary N) is 1. The van der Waals surface area contributed by atoms with Crippen molar-refractivity contribution in [3.63, 3.8) is 0 Å². The van der Waals surface area contributed by atoms with Gasteiger partial charge in [-0.25, -0.2) is 0 Å². The van der Waals surface area contributed by atoms with Gasteiger partial charge in [-0.1, -0.05) is 59.6 Å². The fourth-order valence-electron chi connectivity index (χ4n) is 2.11. The van der Waals surface area contributed by atoms with Crippen molar-refractivity contribution >= 4 is 23.2 Å². The number of hydrogen-bond donors (Lipinski definition) is 1. The molecule has 0 unspecified atom stereocenters. The van der Waals surface area contributed by atoms with Gasteiger partial charge in [-0.2, -0.15) is 0 Å². The van der Waals surface area contributed by atoms with Gasteiger partial charge in [0.1, 0.15) is 0 Å². The Morgan fingerprint density at radius 3 is 2.25 bits per heavy atom. The van der Waals surface area contributed by atoms with Gasteiger partial charge in [0.25, 0.3) is 0 Å². The molecule has 0 aliphatic carbocycles. The first-order chi connectivity index (χ1) is 9.66. The highest BCUT2D eigenvalue weighted by Crippen LogP contribution is 2.24. The van der Waals surface area contributed by atoms with Crippen molar-refractivity contribution in [1.29, 1.82) is 0 Å². The summed E-state index contributed by atoms with van der Waals surface area (Å²) >= 11 is 12.3. The standard InChI is InChI=1S/C17H19Cl2N/c1-13(10-11-14-6-3-2-4-7-14)20-12-15-16(18)8-5-9-17(15)19/h2-9,13,20H,10-12H2,1H3/t13-/m1/s1. The Hall–Kier alpha value is -1.02. The highest BCUT2D eigenvalue weighted by Gasteiger charge is 2.07. The molecule has 106 valence electrons. The first-order valence-electron chi connectivity index (χ1n) is 6.87. The molecule has 20 heavy (non-hydrogen) atoms. The van der Waals surface area contributed by atoms with Crippen LogP contribution in [0.15, 0.2) is 48.5 Å². The first kappa shape index (κ1) is 15.4. The second kappa shape index (κ2) is 7.68. The molecule has 1 nitrogen and oxygen atoms in total. The number of halogens is 2. The molecule has 0 heterocycles. The van der Waals surface area contributed by atoms with E-state index in [1.165, 1.54) is 5.56 Å². The molecule has 2 aromatic rings. The van der Waals surface area contributed by atoms with Gasteiger partial charge in [0.05, 0.1) is 0 Å². The van der Waals surface area contributed by atoms with Crippen molar-refractivity contribution in [2.75, 3.05) is 0 Å². The number of rotatable bonds is 6. The van der Waals surface area contributed by atoms with Crippen LogP contribution < -0.4 is 5.32 Å². The van der Waals surface area contributed by atoms with Crippen LogP contribution in [0.4, 0.5) is 0 Å². The van der Waals surface area contributed by atoms with Crippen molar-refractivity contribution in [1.82, 2.24) is 5.32 Å². The van der Waals surface area contributed by atoms with E-state index in [1.807, 2.05) is 24.3 Å². The van der Waals surface area contributed by atoms with E-state index in [1.54, 1.807) is 0 Å². The van der Waals surface area contributed by atoms with E-state index in [0.717, 1.165) is 28.5 Å². The second-order valence-corrected chi connectivity index (χ2v) is 5.82. The van der Waals surface area contributed by atoms with Crippen LogP contribution in [0.2, 0.25) is 10.0 Å². The van der Waals surface area contributed by atoms with E-state index in [0.29, 0.717) is 12.6 Å². The quantitative estimate of drug-likeness (QED) is 0.782. The van der Waals surface area contributed by atoms with Gasteiger partial charge in [-0.3, -0.25) is 0 Å². The molecule has 2 rings (SSSR count). The summed E-state index contributed by atoms with van der Waals surface area (Å²) in [6, 6.07) is 16.6. The predicted molar refractivity (Wildman–Crippen MR) is 87.5 cm³/mol. The lowest BCUT2D eigenvalue weighted by Gasteiger charge is -2.15. The average Bonchev–Trinajstić information content (AvgIpc) is 2.46. The van der Waals surface area contributed by atoms with E-state index >= 15 is 0 Å². The van der Waals surface area contributed by atoms with Crippen LogP contribution in [-0.2, 0) is 13.0 Å². The first-order valence-corrected chi connectivity index (χ1v) is 7.62. The summed E-state index contributed by atoms with van der Waals surface area (Å²) in [4.78, 5) is 0. The minimum absolute atomic E-state index is 0.419. The summed E-state index contributed by atoms with van der Waals surface area (Å²) < 4.78 is 0. The van der Waals surface area contributed by atoms with E-state index in [9.17, 15) is 0 Å². The topological polar surface area (TPSA) is 12.0 Å². The molecular formula is C17H19Cl2N. The summed E-state index contributed by atoms with van der Waals surface area (Å²) in [6.07, 6.45) is 2.16. The van der Waals surface area contributed by atoms with Crippen LogP contribution in [0.25, 0.3) is 0 Å². The van der Waals surface area contributed by atoms with Crippen LogP contribution in [0.3, 0.4) is 0 Å². The maximum Gasteiger partial charge on any atom is 0.0465 e. The zero-order chi connectivity index (χ0) is 14.4. The SMILES string of the molecule is C[C@H](CCc1ccccc1)NCc1c(Cl)cccc1Cl. The Morgan fingerprint density at radius 2 is 1.60 bits per heavy atom. The average molecular weight is 308 g/mol. The normalized spacial score (nSPS) is 12.3. The molecule has 1 N–H and O–H groups in total. The highest BCUT2D eigenvalue weighted by molar-refractivity contribution is 6.35. The van der Waals surface area contributed by atoms with Crippen LogP contribution in [0.5, 0.6) is 0 Å². The van der Waals surface area contributed by atoms with Gasteiger partial charge in [0.2, 0.25) is 0 Å². The Kier molecular flexibility index (Phi) is 5.90. The van der Waals surface area contributed by atoms with Gasteiger partial charge in [0, 0.05) is 28.2 Å². The molecule has 0 aromatic heterocycles. The summed E-state index contributed by atoms with van der Waals surface area (Å²) in [5.41, 5.74) is 2.35. The predicted octanol–water partition coefficient (Wildman–Crippen LogP) is 5.10. The molecule has 0 amide bonds. The lowest BCUT2D eigenvalue weighted by molar-refractivity contribution is 0.514. The van der Waals surface area contributed by atoms with E-state index < -0.39 is 0 Å².